The summed E-state index contributed by atoms with van der Waals surface area (Å²) < 4.78 is 0. The van der Waals surface area contributed by atoms with E-state index in [2.05, 4.69) is 29.0 Å². The summed E-state index contributed by atoms with van der Waals surface area (Å²) in [5.41, 5.74) is 0.637. The molecule has 1 heterocycles. The Kier molecular flexibility index (Phi) is 7.18. The van der Waals surface area contributed by atoms with Gasteiger partial charge in [-0.2, -0.15) is 0 Å². The number of hydrogen-bond donors (Lipinski definition) is 2. The van der Waals surface area contributed by atoms with Gasteiger partial charge in [0.1, 0.15) is 5.69 Å². The highest BCUT2D eigenvalue weighted by molar-refractivity contribution is 5.92. The molecule has 0 spiro atoms. The van der Waals surface area contributed by atoms with E-state index in [-0.39, 0.29) is 5.91 Å². The fourth-order valence-electron chi connectivity index (χ4n) is 1.95. The molecule has 1 amide bonds. The van der Waals surface area contributed by atoms with Crippen LogP contribution in [0.5, 0.6) is 0 Å². The standard InChI is InChI=1S/C14H25N3O/c1-3-17(4-2)12-7-5-6-10-16-14(18)13-9-8-11-15-13/h8-9,11,15H,3-7,10,12H2,1-2H3,(H,16,18). The molecule has 0 fully saturated rings. The topological polar surface area (TPSA) is 48.1 Å². The lowest BCUT2D eigenvalue weighted by molar-refractivity contribution is 0.0948. The minimum atomic E-state index is -0.0104. The largest absolute Gasteiger partial charge is 0.357 e. The first-order chi connectivity index (χ1) is 8.77. The van der Waals surface area contributed by atoms with Gasteiger partial charge in [0.05, 0.1) is 0 Å². The molecule has 0 aliphatic carbocycles. The summed E-state index contributed by atoms with van der Waals surface area (Å²) in [6.45, 7) is 8.56. The molecule has 1 aromatic heterocycles. The lowest BCUT2D eigenvalue weighted by Gasteiger charge is -2.17. The van der Waals surface area contributed by atoms with Gasteiger partial charge in [0.2, 0.25) is 0 Å². The van der Waals surface area contributed by atoms with Gasteiger partial charge in [-0.05, 0) is 44.6 Å². The van der Waals surface area contributed by atoms with Crippen molar-refractivity contribution >= 4 is 5.91 Å². The number of amides is 1. The Morgan fingerprint density at radius 2 is 2.06 bits per heavy atom. The number of H-pyrrole nitrogens is 1. The van der Waals surface area contributed by atoms with E-state index in [1.807, 2.05) is 6.07 Å². The Morgan fingerprint density at radius 3 is 2.67 bits per heavy atom. The molecule has 0 aliphatic rings. The molecular weight excluding hydrogens is 226 g/mol. The van der Waals surface area contributed by atoms with Gasteiger partial charge >= 0.3 is 0 Å². The summed E-state index contributed by atoms with van der Waals surface area (Å²) in [6, 6.07) is 3.62. The smallest absolute Gasteiger partial charge is 0.267 e. The third-order valence-electron chi connectivity index (χ3n) is 3.17. The molecule has 0 bridgehead atoms. The van der Waals surface area contributed by atoms with Crippen LogP contribution in [0.25, 0.3) is 0 Å². The van der Waals surface area contributed by atoms with E-state index in [1.165, 1.54) is 12.8 Å². The van der Waals surface area contributed by atoms with Gasteiger partial charge in [0.25, 0.3) is 5.91 Å². The van der Waals surface area contributed by atoms with Crippen LogP contribution in [-0.2, 0) is 0 Å². The molecule has 0 aromatic carbocycles. The predicted octanol–water partition coefficient (Wildman–Crippen LogP) is 2.26. The van der Waals surface area contributed by atoms with Crippen LogP contribution in [0.1, 0.15) is 43.6 Å². The van der Waals surface area contributed by atoms with Crippen LogP contribution in [0.3, 0.4) is 0 Å². The molecule has 0 saturated carbocycles. The third kappa shape index (κ3) is 5.36. The third-order valence-corrected chi connectivity index (χ3v) is 3.17. The van der Waals surface area contributed by atoms with Gasteiger partial charge in [-0.15, -0.1) is 0 Å². The Labute approximate surface area is 110 Å². The second kappa shape index (κ2) is 8.75. The van der Waals surface area contributed by atoms with Crippen molar-refractivity contribution in [2.75, 3.05) is 26.2 Å². The predicted molar refractivity (Wildman–Crippen MR) is 74.8 cm³/mol. The summed E-state index contributed by atoms with van der Waals surface area (Å²) in [4.78, 5) is 16.9. The highest BCUT2D eigenvalue weighted by Crippen LogP contribution is 1.99. The average molecular weight is 251 g/mol. The van der Waals surface area contributed by atoms with E-state index in [4.69, 9.17) is 0 Å². The summed E-state index contributed by atoms with van der Waals surface area (Å²) >= 11 is 0. The van der Waals surface area contributed by atoms with Gasteiger partial charge in [-0.1, -0.05) is 20.3 Å². The highest BCUT2D eigenvalue weighted by atomic mass is 16.1. The fourth-order valence-corrected chi connectivity index (χ4v) is 1.95. The average Bonchev–Trinajstić information content (AvgIpc) is 2.92. The number of carbonyl (C=O) groups is 1. The van der Waals surface area contributed by atoms with Crippen LogP contribution >= 0.6 is 0 Å². The minimum Gasteiger partial charge on any atom is -0.357 e. The van der Waals surface area contributed by atoms with E-state index in [9.17, 15) is 4.79 Å². The monoisotopic (exact) mass is 251 g/mol. The van der Waals surface area contributed by atoms with Crippen molar-refractivity contribution in [3.63, 3.8) is 0 Å². The van der Waals surface area contributed by atoms with Gasteiger partial charge in [-0.3, -0.25) is 4.79 Å². The first-order valence-electron chi connectivity index (χ1n) is 6.91. The van der Waals surface area contributed by atoms with Gasteiger partial charge < -0.3 is 15.2 Å². The Hall–Kier alpha value is -1.29. The number of unbranched alkanes of at least 4 members (excludes halogenated alkanes) is 2. The number of carbonyl (C=O) groups excluding carboxylic acids is 1. The van der Waals surface area contributed by atoms with Crippen LogP contribution in [-0.4, -0.2) is 42.0 Å². The van der Waals surface area contributed by atoms with E-state index in [0.29, 0.717) is 5.69 Å². The molecule has 1 rings (SSSR count). The number of rotatable bonds is 9. The summed E-state index contributed by atoms with van der Waals surface area (Å²) in [5, 5.41) is 2.92. The zero-order valence-electron chi connectivity index (χ0n) is 11.5. The Morgan fingerprint density at radius 1 is 1.28 bits per heavy atom. The lowest BCUT2D eigenvalue weighted by Crippen LogP contribution is -2.26. The molecule has 0 saturated heterocycles. The van der Waals surface area contributed by atoms with E-state index in [0.717, 1.165) is 32.6 Å². The van der Waals surface area contributed by atoms with Crippen LogP contribution in [0.4, 0.5) is 0 Å². The van der Waals surface area contributed by atoms with Crippen molar-refractivity contribution in [2.45, 2.75) is 33.1 Å². The SMILES string of the molecule is CCN(CC)CCCCCNC(=O)c1ccc[nH]1. The zero-order valence-corrected chi connectivity index (χ0v) is 11.5. The Balaban J connectivity index is 2.00. The van der Waals surface area contributed by atoms with Gasteiger partial charge in [0.15, 0.2) is 0 Å². The van der Waals surface area contributed by atoms with Crippen LogP contribution < -0.4 is 5.32 Å². The molecule has 0 radical (unpaired) electrons. The molecule has 1 aromatic rings. The molecule has 4 heteroatoms. The number of nitrogens with zero attached hydrogens (tertiary/aromatic N) is 1. The van der Waals surface area contributed by atoms with Gasteiger partial charge in [-0.25, -0.2) is 0 Å². The summed E-state index contributed by atoms with van der Waals surface area (Å²) in [5.74, 6) is -0.0104. The van der Waals surface area contributed by atoms with Crippen molar-refractivity contribution in [2.24, 2.45) is 0 Å². The van der Waals surface area contributed by atoms with Crippen LogP contribution in [0.15, 0.2) is 18.3 Å². The zero-order chi connectivity index (χ0) is 13.2. The molecule has 102 valence electrons. The Bertz CT molecular complexity index is 318. The van der Waals surface area contributed by atoms with Crippen molar-refractivity contribution in [3.05, 3.63) is 24.0 Å². The van der Waals surface area contributed by atoms with Gasteiger partial charge in [0, 0.05) is 12.7 Å². The second-order valence-electron chi connectivity index (χ2n) is 4.43. The van der Waals surface area contributed by atoms with Crippen LogP contribution in [0.2, 0.25) is 0 Å². The maximum absolute atomic E-state index is 11.6. The molecular formula is C14H25N3O. The fraction of sp³-hybridized carbons (Fsp3) is 0.643. The number of aromatic amines is 1. The van der Waals surface area contributed by atoms with Crippen molar-refractivity contribution in [1.29, 1.82) is 0 Å². The second-order valence-corrected chi connectivity index (χ2v) is 4.43. The van der Waals surface area contributed by atoms with Crippen molar-refractivity contribution < 1.29 is 4.79 Å². The number of aromatic nitrogens is 1. The first-order valence-corrected chi connectivity index (χ1v) is 6.91. The molecule has 4 nitrogen and oxygen atoms in total. The van der Waals surface area contributed by atoms with Crippen molar-refractivity contribution in [1.82, 2.24) is 15.2 Å². The number of hydrogen-bond acceptors (Lipinski definition) is 2. The van der Waals surface area contributed by atoms with E-state index < -0.39 is 0 Å². The van der Waals surface area contributed by atoms with E-state index in [1.54, 1.807) is 12.3 Å². The number of nitrogens with one attached hydrogen (secondary N) is 2. The summed E-state index contributed by atoms with van der Waals surface area (Å²) in [7, 11) is 0. The molecule has 0 aliphatic heterocycles. The van der Waals surface area contributed by atoms with Crippen molar-refractivity contribution in [3.8, 4) is 0 Å². The molecule has 0 unspecified atom stereocenters. The summed E-state index contributed by atoms with van der Waals surface area (Å²) in [6.07, 6.45) is 5.19. The maximum Gasteiger partial charge on any atom is 0.267 e. The van der Waals surface area contributed by atoms with E-state index >= 15 is 0 Å². The molecule has 2 N–H and O–H groups in total. The maximum atomic E-state index is 11.6. The van der Waals surface area contributed by atoms with Crippen LogP contribution in [0, 0.1) is 0 Å². The minimum absolute atomic E-state index is 0.0104. The molecule has 0 atom stereocenters. The normalized spacial score (nSPS) is 10.8. The lowest BCUT2D eigenvalue weighted by atomic mass is 10.2. The first kappa shape index (κ1) is 14.8. The highest BCUT2D eigenvalue weighted by Gasteiger charge is 2.04. The molecule has 18 heavy (non-hydrogen) atoms. The quantitative estimate of drug-likeness (QED) is 0.661.